The molecule has 0 saturated heterocycles. The van der Waals surface area contributed by atoms with Crippen LogP contribution in [0.15, 0.2) is 24.3 Å². The quantitative estimate of drug-likeness (QED) is 0.632. The summed E-state index contributed by atoms with van der Waals surface area (Å²) >= 11 is 0. The van der Waals surface area contributed by atoms with E-state index < -0.39 is 5.97 Å². The molecule has 1 aromatic rings. The van der Waals surface area contributed by atoms with E-state index in [1.165, 1.54) is 19.3 Å². The van der Waals surface area contributed by atoms with Gasteiger partial charge in [-0.3, -0.25) is 0 Å². The van der Waals surface area contributed by atoms with Crippen LogP contribution in [0.2, 0.25) is 0 Å². The smallest absolute Gasteiger partial charge is 0.328 e. The first-order valence-corrected chi connectivity index (χ1v) is 3.91. The maximum Gasteiger partial charge on any atom is 0.328 e. The number of carbonyl (C=O) groups is 1. The van der Waals surface area contributed by atoms with Gasteiger partial charge in [-0.15, -0.1) is 0 Å². The molecule has 0 aromatic heterocycles. The third-order valence-corrected chi connectivity index (χ3v) is 1.62. The molecule has 84 valence electrons. The summed E-state index contributed by atoms with van der Waals surface area (Å²) in [5.41, 5.74) is 0.655. The van der Waals surface area contributed by atoms with Crippen molar-refractivity contribution in [2.75, 3.05) is 7.11 Å². The number of aliphatic carboxylic acids is 1. The summed E-state index contributed by atoms with van der Waals surface area (Å²) in [6.07, 6.45) is 2.44. The van der Waals surface area contributed by atoms with Crippen LogP contribution in [0.25, 0.3) is 6.08 Å². The normalized spacial score (nSPS) is 9.67. The molecule has 5 heteroatoms. The van der Waals surface area contributed by atoms with Gasteiger partial charge in [0.25, 0.3) is 0 Å². The van der Waals surface area contributed by atoms with E-state index in [2.05, 4.69) is 0 Å². The number of hydrogen-bond donors (Lipinski definition) is 2. The van der Waals surface area contributed by atoms with Crippen LogP contribution >= 0.6 is 0 Å². The van der Waals surface area contributed by atoms with E-state index in [4.69, 9.17) is 9.84 Å². The molecule has 0 aliphatic carbocycles. The maximum atomic E-state index is 10.2. The molecule has 0 spiro atoms. The first-order chi connectivity index (χ1) is 6.63. The average molecular weight is 253 g/mol. The molecular formula is C10H10NiO4. The number of carboxylic acids is 1. The Morgan fingerprint density at radius 3 is 2.67 bits per heavy atom. The van der Waals surface area contributed by atoms with Gasteiger partial charge in [-0.25, -0.2) is 4.79 Å². The van der Waals surface area contributed by atoms with E-state index in [0.29, 0.717) is 11.3 Å². The third kappa shape index (κ3) is 4.04. The molecule has 15 heavy (non-hydrogen) atoms. The zero-order chi connectivity index (χ0) is 10.6. The van der Waals surface area contributed by atoms with Crippen LogP contribution in [0.5, 0.6) is 11.5 Å². The summed E-state index contributed by atoms with van der Waals surface area (Å²) in [7, 11) is 1.43. The van der Waals surface area contributed by atoms with Crippen molar-refractivity contribution in [2.24, 2.45) is 0 Å². The molecule has 0 bridgehead atoms. The van der Waals surface area contributed by atoms with Crippen LogP contribution in [0.4, 0.5) is 0 Å². The Kier molecular flexibility index (Phi) is 5.49. The number of rotatable bonds is 3. The van der Waals surface area contributed by atoms with Crippen LogP contribution in [-0.2, 0) is 21.3 Å². The van der Waals surface area contributed by atoms with E-state index in [-0.39, 0.29) is 22.2 Å². The summed E-state index contributed by atoms with van der Waals surface area (Å²) in [5, 5.41) is 17.6. The van der Waals surface area contributed by atoms with Crippen molar-refractivity contribution in [3.63, 3.8) is 0 Å². The van der Waals surface area contributed by atoms with Crippen LogP contribution < -0.4 is 4.74 Å². The monoisotopic (exact) mass is 252 g/mol. The zero-order valence-electron chi connectivity index (χ0n) is 7.91. The molecule has 2 N–H and O–H groups in total. The second-order valence-electron chi connectivity index (χ2n) is 2.60. The second-order valence-corrected chi connectivity index (χ2v) is 2.60. The Hall–Kier alpha value is -1.48. The standard InChI is InChI=1S/C10H10O4.Ni/c1-14-9-6-7(2-4-8(9)11)3-5-10(12)13;/h2-6,11H,1H3,(H,12,13);. The molecule has 0 fully saturated rings. The van der Waals surface area contributed by atoms with Gasteiger partial charge in [0.05, 0.1) is 7.11 Å². The third-order valence-electron chi connectivity index (χ3n) is 1.62. The van der Waals surface area contributed by atoms with Gasteiger partial charge in [0.2, 0.25) is 0 Å². The Bertz CT molecular complexity index is 374. The van der Waals surface area contributed by atoms with E-state index in [0.717, 1.165) is 6.08 Å². The fourth-order valence-corrected chi connectivity index (χ4v) is 0.965. The maximum absolute atomic E-state index is 10.2. The molecule has 0 aliphatic heterocycles. The largest absolute Gasteiger partial charge is 0.504 e. The number of carboxylic acid groups (broad SMARTS) is 1. The summed E-state index contributed by atoms with van der Waals surface area (Å²) < 4.78 is 4.86. The number of hydrogen-bond acceptors (Lipinski definition) is 3. The van der Waals surface area contributed by atoms with Crippen LogP contribution in [0.3, 0.4) is 0 Å². The summed E-state index contributed by atoms with van der Waals surface area (Å²) in [6.45, 7) is 0. The average Bonchev–Trinajstić information content (AvgIpc) is 2.16. The van der Waals surface area contributed by atoms with Gasteiger partial charge in [-0.2, -0.15) is 0 Å². The minimum Gasteiger partial charge on any atom is -0.504 e. The van der Waals surface area contributed by atoms with Gasteiger partial charge < -0.3 is 14.9 Å². The number of phenolic OH excluding ortho intramolecular Hbond substituents is 1. The van der Waals surface area contributed by atoms with Crippen molar-refractivity contribution in [3.05, 3.63) is 29.8 Å². The van der Waals surface area contributed by atoms with Crippen molar-refractivity contribution in [1.82, 2.24) is 0 Å². The van der Waals surface area contributed by atoms with Gasteiger partial charge in [0.15, 0.2) is 11.5 Å². The molecule has 4 nitrogen and oxygen atoms in total. The molecular weight excluding hydrogens is 243 g/mol. The summed E-state index contributed by atoms with van der Waals surface area (Å²) in [5.74, 6) is -0.672. The predicted octanol–water partition coefficient (Wildman–Crippen LogP) is 1.50. The molecule has 0 atom stereocenters. The molecule has 1 aromatic carbocycles. The van der Waals surface area contributed by atoms with E-state index in [1.54, 1.807) is 12.1 Å². The Morgan fingerprint density at radius 2 is 2.13 bits per heavy atom. The number of methoxy groups -OCH3 is 1. The van der Waals surface area contributed by atoms with Crippen LogP contribution in [0.1, 0.15) is 5.56 Å². The minimum atomic E-state index is -1.02. The number of aromatic hydroxyl groups is 1. The molecule has 1 rings (SSSR count). The van der Waals surface area contributed by atoms with Crippen molar-refractivity contribution < 1.29 is 36.2 Å². The van der Waals surface area contributed by atoms with Crippen LogP contribution in [-0.4, -0.2) is 23.3 Å². The van der Waals surface area contributed by atoms with Crippen LogP contribution in [0, 0.1) is 0 Å². The van der Waals surface area contributed by atoms with Gasteiger partial charge in [-0.05, 0) is 23.8 Å². The van der Waals surface area contributed by atoms with Crippen molar-refractivity contribution >= 4 is 12.0 Å². The molecule has 0 aliphatic rings. The number of ether oxygens (including phenoxy) is 1. The number of benzene rings is 1. The Balaban J connectivity index is 0.00000196. The minimum absolute atomic E-state index is 0. The van der Waals surface area contributed by atoms with Crippen molar-refractivity contribution in [2.45, 2.75) is 0 Å². The van der Waals surface area contributed by atoms with Gasteiger partial charge in [-0.1, -0.05) is 6.07 Å². The van der Waals surface area contributed by atoms with Gasteiger partial charge in [0, 0.05) is 22.6 Å². The topological polar surface area (TPSA) is 66.8 Å². The first kappa shape index (κ1) is 13.5. The molecule has 0 amide bonds. The fourth-order valence-electron chi connectivity index (χ4n) is 0.965. The van der Waals surface area contributed by atoms with Crippen molar-refractivity contribution in [3.8, 4) is 11.5 Å². The van der Waals surface area contributed by atoms with E-state index in [1.807, 2.05) is 0 Å². The predicted molar refractivity (Wildman–Crippen MR) is 51.3 cm³/mol. The molecule has 0 heterocycles. The first-order valence-electron chi connectivity index (χ1n) is 3.91. The fraction of sp³-hybridized carbons (Fsp3) is 0.100. The van der Waals surface area contributed by atoms with E-state index in [9.17, 15) is 9.90 Å². The van der Waals surface area contributed by atoms with E-state index >= 15 is 0 Å². The SMILES string of the molecule is COc1cc(C=CC(=O)O)ccc1O.[Ni]. The van der Waals surface area contributed by atoms with Gasteiger partial charge in [0.1, 0.15) is 0 Å². The summed E-state index contributed by atoms with van der Waals surface area (Å²) in [6, 6.07) is 4.59. The molecule has 0 unspecified atom stereocenters. The Labute approximate surface area is 97.1 Å². The second kappa shape index (κ2) is 6.09. The molecule has 0 radical (unpaired) electrons. The summed E-state index contributed by atoms with van der Waals surface area (Å²) in [4.78, 5) is 10.2. The van der Waals surface area contributed by atoms with Gasteiger partial charge >= 0.3 is 5.97 Å². The molecule has 0 saturated carbocycles. The van der Waals surface area contributed by atoms with Crippen molar-refractivity contribution in [1.29, 1.82) is 0 Å². The number of phenols is 1. The Morgan fingerprint density at radius 1 is 1.47 bits per heavy atom. The zero-order valence-corrected chi connectivity index (χ0v) is 8.90.